The van der Waals surface area contributed by atoms with Crippen LogP contribution in [-0.4, -0.2) is 0 Å². The van der Waals surface area contributed by atoms with Gasteiger partial charge in [-0.15, -0.1) is 0 Å². The van der Waals surface area contributed by atoms with E-state index in [1.54, 1.807) is 0 Å². The second kappa shape index (κ2) is 9.29. The first kappa shape index (κ1) is 24.5. The molecular formula is C44H26O. The maximum atomic E-state index is 6.47. The highest BCUT2D eigenvalue weighted by atomic mass is 16.5. The van der Waals surface area contributed by atoms with Crippen molar-refractivity contribution in [3.05, 3.63) is 158 Å². The Hall–Kier alpha value is -5.92. The van der Waals surface area contributed by atoms with Crippen LogP contribution >= 0.6 is 0 Å². The van der Waals surface area contributed by atoms with Crippen LogP contribution in [0.4, 0.5) is 0 Å². The summed E-state index contributed by atoms with van der Waals surface area (Å²) in [6, 6.07) is 57.3. The highest BCUT2D eigenvalue weighted by molar-refractivity contribution is 6.27. The van der Waals surface area contributed by atoms with Crippen LogP contribution in [0.2, 0.25) is 0 Å². The Balaban J connectivity index is 1.35. The lowest BCUT2D eigenvalue weighted by Crippen LogP contribution is -1.98. The second-order valence-electron chi connectivity index (χ2n) is 12.0. The number of ether oxygens (including phenoxy) is 1. The van der Waals surface area contributed by atoms with Crippen LogP contribution in [0.25, 0.3) is 87.2 Å². The molecule has 0 spiro atoms. The van der Waals surface area contributed by atoms with Gasteiger partial charge in [-0.25, -0.2) is 0 Å². The van der Waals surface area contributed by atoms with Crippen LogP contribution < -0.4 is 4.74 Å². The first-order valence-electron chi connectivity index (χ1n) is 15.5. The molecule has 0 bridgehead atoms. The van der Waals surface area contributed by atoms with Gasteiger partial charge in [0.25, 0.3) is 0 Å². The maximum absolute atomic E-state index is 6.47. The van der Waals surface area contributed by atoms with Crippen LogP contribution in [0.1, 0.15) is 0 Å². The highest BCUT2D eigenvalue weighted by Crippen LogP contribution is 2.51. The summed E-state index contributed by atoms with van der Waals surface area (Å²) in [4.78, 5) is 0. The van der Waals surface area contributed by atoms with Crippen molar-refractivity contribution in [2.24, 2.45) is 0 Å². The van der Waals surface area contributed by atoms with Crippen molar-refractivity contribution in [3.63, 3.8) is 0 Å². The summed E-state index contributed by atoms with van der Waals surface area (Å²) in [6.07, 6.45) is 0. The molecule has 9 aromatic carbocycles. The van der Waals surface area contributed by atoms with E-state index in [0.29, 0.717) is 0 Å². The molecule has 0 fully saturated rings. The fourth-order valence-corrected chi connectivity index (χ4v) is 7.77. The van der Waals surface area contributed by atoms with Crippen LogP contribution in [0.3, 0.4) is 0 Å². The van der Waals surface area contributed by atoms with E-state index in [4.69, 9.17) is 4.74 Å². The molecule has 9 aromatic rings. The number of fused-ring (bicyclic) bond motifs is 7. The molecule has 0 radical (unpaired) electrons. The van der Waals surface area contributed by atoms with Crippen molar-refractivity contribution >= 4 is 53.9 Å². The molecule has 0 amide bonds. The summed E-state index contributed by atoms with van der Waals surface area (Å²) in [5, 5.41) is 12.5. The number of hydrogen-bond donors (Lipinski definition) is 0. The number of benzene rings is 9. The van der Waals surface area contributed by atoms with Crippen LogP contribution in [-0.2, 0) is 0 Å². The molecule has 1 heteroatoms. The Kier molecular flexibility index (Phi) is 5.06. The third-order valence-electron chi connectivity index (χ3n) is 9.64. The normalized spacial score (nSPS) is 12.2. The Labute approximate surface area is 260 Å². The number of para-hydroxylation sites is 1. The number of hydrogen-bond acceptors (Lipinski definition) is 1. The fourth-order valence-electron chi connectivity index (χ4n) is 7.77. The quantitative estimate of drug-likeness (QED) is 0.148. The Morgan fingerprint density at radius 1 is 0.289 bits per heavy atom. The smallest absolute Gasteiger partial charge is 0.135 e. The van der Waals surface area contributed by atoms with E-state index >= 15 is 0 Å². The van der Waals surface area contributed by atoms with E-state index in [1.165, 1.54) is 81.7 Å². The van der Waals surface area contributed by atoms with Crippen molar-refractivity contribution in [1.29, 1.82) is 0 Å². The van der Waals surface area contributed by atoms with Crippen molar-refractivity contribution in [3.8, 4) is 44.9 Å². The summed E-state index contributed by atoms with van der Waals surface area (Å²) >= 11 is 0. The summed E-state index contributed by atoms with van der Waals surface area (Å²) in [7, 11) is 0. The molecule has 0 aliphatic carbocycles. The molecule has 0 atom stereocenters. The van der Waals surface area contributed by atoms with Gasteiger partial charge in [0, 0.05) is 10.9 Å². The Morgan fingerprint density at radius 3 is 1.53 bits per heavy atom. The topological polar surface area (TPSA) is 9.23 Å². The summed E-state index contributed by atoms with van der Waals surface area (Å²) in [6.45, 7) is 0. The van der Waals surface area contributed by atoms with Gasteiger partial charge < -0.3 is 4.74 Å². The SMILES string of the molecule is c1ccc2c(c1)Oc1cccc3c(-c4c5ccccc5c(-c5cc6ccccc6c6ccccc56)c5ccccc45)ccc-2c13. The minimum atomic E-state index is 0.910. The molecule has 1 aliphatic rings. The first-order chi connectivity index (χ1) is 22.3. The molecule has 0 N–H and O–H groups in total. The average Bonchev–Trinajstić information content (AvgIpc) is 3.11. The van der Waals surface area contributed by atoms with E-state index in [1.807, 2.05) is 6.07 Å². The van der Waals surface area contributed by atoms with E-state index in [2.05, 4.69) is 152 Å². The lowest BCUT2D eigenvalue weighted by molar-refractivity contribution is 0.487. The third kappa shape index (κ3) is 3.44. The van der Waals surface area contributed by atoms with Gasteiger partial charge in [-0.05, 0) is 94.5 Å². The molecule has 208 valence electrons. The lowest BCUT2D eigenvalue weighted by Gasteiger charge is -2.24. The van der Waals surface area contributed by atoms with Gasteiger partial charge in [0.1, 0.15) is 11.5 Å². The predicted octanol–water partition coefficient (Wildman–Crippen LogP) is 12.6. The average molecular weight is 571 g/mol. The molecule has 1 aliphatic heterocycles. The fraction of sp³-hybridized carbons (Fsp3) is 0. The first-order valence-corrected chi connectivity index (χ1v) is 15.5. The number of rotatable bonds is 2. The minimum absolute atomic E-state index is 0.910. The maximum Gasteiger partial charge on any atom is 0.135 e. The standard InChI is InChI=1S/C44H26O/c1-2-13-28-27(12-1)26-39(30-15-4-3-14-29(28)30)43-34-19-7-5-17-32(34)42(33-18-6-8-20-35(33)43)38-25-24-37-31-16-9-10-22-40(31)45-41-23-11-21-36(38)44(37)41/h1-26H. The summed E-state index contributed by atoms with van der Waals surface area (Å²) < 4.78 is 6.47. The molecule has 1 nitrogen and oxygen atoms in total. The summed E-state index contributed by atoms with van der Waals surface area (Å²) in [5.74, 6) is 1.82. The lowest BCUT2D eigenvalue weighted by atomic mass is 9.82. The molecule has 0 saturated carbocycles. The molecule has 0 aromatic heterocycles. The Bertz CT molecular complexity index is 2620. The summed E-state index contributed by atoms with van der Waals surface area (Å²) in [5.41, 5.74) is 7.40. The van der Waals surface area contributed by atoms with Gasteiger partial charge in [-0.2, -0.15) is 0 Å². The van der Waals surface area contributed by atoms with Gasteiger partial charge >= 0.3 is 0 Å². The van der Waals surface area contributed by atoms with Gasteiger partial charge in [0.15, 0.2) is 0 Å². The largest absolute Gasteiger partial charge is 0.456 e. The third-order valence-corrected chi connectivity index (χ3v) is 9.64. The molecule has 45 heavy (non-hydrogen) atoms. The van der Waals surface area contributed by atoms with Crippen molar-refractivity contribution in [2.75, 3.05) is 0 Å². The zero-order valence-corrected chi connectivity index (χ0v) is 24.4. The van der Waals surface area contributed by atoms with E-state index < -0.39 is 0 Å². The van der Waals surface area contributed by atoms with Crippen LogP contribution in [0.5, 0.6) is 11.5 Å². The molecule has 10 rings (SSSR count). The van der Waals surface area contributed by atoms with Crippen molar-refractivity contribution < 1.29 is 4.74 Å². The predicted molar refractivity (Wildman–Crippen MR) is 190 cm³/mol. The molecule has 0 unspecified atom stereocenters. The van der Waals surface area contributed by atoms with Gasteiger partial charge in [-0.3, -0.25) is 0 Å². The van der Waals surface area contributed by atoms with E-state index in [-0.39, 0.29) is 0 Å². The monoisotopic (exact) mass is 570 g/mol. The van der Waals surface area contributed by atoms with Gasteiger partial charge in [0.2, 0.25) is 0 Å². The zero-order valence-electron chi connectivity index (χ0n) is 24.4. The van der Waals surface area contributed by atoms with E-state index in [9.17, 15) is 0 Å². The molecular weight excluding hydrogens is 544 g/mol. The molecule has 1 heterocycles. The second-order valence-corrected chi connectivity index (χ2v) is 12.0. The van der Waals surface area contributed by atoms with Crippen LogP contribution in [0, 0.1) is 0 Å². The van der Waals surface area contributed by atoms with Crippen molar-refractivity contribution in [2.45, 2.75) is 0 Å². The van der Waals surface area contributed by atoms with Crippen molar-refractivity contribution in [1.82, 2.24) is 0 Å². The van der Waals surface area contributed by atoms with Crippen LogP contribution in [0.15, 0.2) is 158 Å². The Morgan fingerprint density at radius 2 is 0.800 bits per heavy atom. The molecule has 0 saturated heterocycles. The van der Waals surface area contributed by atoms with Gasteiger partial charge in [0.05, 0.1) is 0 Å². The zero-order chi connectivity index (χ0) is 29.5. The minimum Gasteiger partial charge on any atom is -0.456 e. The van der Waals surface area contributed by atoms with Gasteiger partial charge in [-0.1, -0.05) is 140 Å². The highest BCUT2D eigenvalue weighted by Gasteiger charge is 2.24. The van der Waals surface area contributed by atoms with E-state index in [0.717, 1.165) is 17.1 Å².